The number of amides is 1. The van der Waals surface area contributed by atoms with Crippen molar-refractivity contribution < 1.29 is 50.5 Å². The van der Waals surface area contributed by atoms with Crippen LogP contribution in [0.2, 0.25) is 0 Å². The van der Waals surface area contributed by atoms with E-state index in [2.05, 4.69) is 10.8 Å². The smallest absolute Gasteiger partial charge is 0.440 e. The van der Waals surface area contributed by atoms with Crippen molar-refractivity contribution in [1.29, 1.82) is 0 Å². The highest BCUT2D eigenvalue weighted by atomic mass is 19.4. The van der Waals surface area contributed by atoms with Crippen LogP contribution < -0.4 is 4.74 Å². The van der Waals surface area contributed by atoms with Gasteiger partial charge in [0.25, 0.3) is 0 Å². The van der Waals surface area contributed by atoms with Crippen LogP contribution in [-0.2, 0) is 23.9 Å². The van der Waals surface area contributed by atoms with E-state index >= 15 is 0 Å². The van der Waals surface area contributed by atoms with Crippen LogP contribution in [0.1, 0.15) is 96.5 Å². The minimum atomic E-state index is -4.83. The summed E-state index contributed by atoms with van der Waals surface area (Å²) in [7, 11) is 0. The lowest BCUT2D eigenvalue weighted by Crippen LogP contribution is -2.48. The quantitative estimate of drug-likeness (QED) is 0.162. The zero-order valence-corrected chi connectivity index (χ0v) is 28.2. The van der Waals surface area contributed by atoms with Crippen LogP contribution in [0, 0.1) is 5.41 Å². The Bertz CT molecular complexity index is 1820. The topological polar surface area (TPSA) is 76.1 Å². The summed E-state index contributed by atoms with van der Waals surface area (Å²) in [4.78, 5) is 29.2. The number of halogens is 6. The highest BCUT2D eigenvalue weighted by Gasteiger charge is 2.64. The lowest BCUT2D eigenvalue weighted by molar-refractivity contribution is -0.274. The summed E-state index contributed by atoms with van der Waals surface area (Å²) in [5, 5.41) is 10.8. The van der Waals surface area contributed by atoms with Crippen LogP contribution in [0.15, 0.2) is 78.4 Å². The molecule has 3 aromatic rings. The summed E-state index contributed by atoms with van der Waals surface area (Å²) in [5.74, 6) is -1.28. The molecule has 0 unspecified atom stereocenters. The van der Waals surface area contributed by atoms with E-state index in [-0.39, 0.29) is 42.3 Å². The molecule has 1 saturated carbocycles. The largest absolute Gasteiger partial charge is 0.573 e. The van der Waals surface area contributed by atoms with Gasteiger partial charge in [0.15, 0.2) is 5.78 Å². The van der Waals surface area contributed by atoms with Gasteiger partial charge in [0.1, 0.15) is 11.4 Å². The summed E-state index contributed by atoms with van der Waals surface area (Å²) >= 11 is 0. The van der Waals surface area contributed by atoms with E-state index in [9.17, 15) is 41.0 Å². The molecule has 1 N–H and O–H groups in total. The summed E-state index contributed by atoms with van der Waals surface area (Å²) in [6.07, 6.45) is -5.07. The highest BCUT2D eigenvalue weighted by Crippen LogP contribution is 2.62. The molecule has 0 aromatic heterocycles. The second kappa shape index (κ2) is 13.7. The Labute approximate surface area is 292 Å². The molecule has 1 aliphatic heterocycles. The number of hydrogen-bond donors (Lipinski definition) is 1. The maximum Gasteiger partial charge on any atom is 0.573 e. The molecule has 3 aliphatic carbocycles. The number of hydrogen-bond acceptors (Lipinski definition) is 5. The molecule has 4 atom stereocenters. The predicted octanol–water partition coefficient (Wildman–Crippen LogP) is 9.53. The van der Waals surface area contributed by atoms with Gasteiger partial charge >= 0.3 is 18.6 Å². The fraction of sp³-hybridized carbons (Fsp3) is 0.436. The maximum absolute atomic E-state index is 14.2. The molecular formula is C39H39F6NO5. The van der Waals surface area contributed by atoms with E-state index < -0.39 is 47.1 Å². The number of rotatable bonds is 5. The van der Waals surface area contributed by atoms with Gasteiger partial charge < -0.3 is 14.6 Å². The van der Waals surface area contributed by atoms with E-state index in [1.165, 1.54) is 41.3 Å². The molecule has 2 fully saturated rings. The number of ketones is 1. The van der Waals surface area contributed by atoms with Crippen molar-refractivity contribution >= 4 is 11.9 Å². The van der Waals surface area contributed by atoms with Crippen LogP contribution in [0.3, 0.4) is 0 Å². The van der Waals surface area contributed by atoms with Gasteiger partial charge in [0.2, 0.25) is 0 Å². The molecule has 7 rings (SSSR count). The van der Waals surface area contributed by atoms with Crippen LogP contribution >= 0.6 is 0 Å². The Hall–Kier alpha value is -4.32. The van der Waals surface area contributed by atoms with Crippen LogP contribution in [-0.4, -0.2) is 46.5 Å². The number of fused-ring (bicyclic) bond motifs is 8. The van der Waals surface area contributed by atoms with E-state index in [0.717, 1.165) is 17.7 Å². The first-order valence-electron chi connectivity index (χ1n) is 17.0. The Balaban J connectivity index is 1.37. The summed E-state index contributed by atoms with van der Waals surface area (Å²) in [6, 6.07) is 15.0. The van der Waals surface area contributed by atoms with Crippen LogP contribution in [0.5, 0.6) is 5.75 Å². The Morgan fingerprint density at radius 1 is 1.00 bits per heavy atom. The van der Waals surface area contributed by atoms with Gasteiger partial charge in [-0.05, 0) is 105 Å². The van der Waals surface area contributed by atoms with E-state index in [0.29, 0.717) is 55.2 Å². The first-order valence-corrected chi connectivity index (χ1v) is 17.0. The van der Waals surface area contributed by atoms with Crippen molar-refractivity contribution in [1.82, 2.24) is 4.90 Å². The monoisotopic (exact) mass is 715 g/mol. The average molecular weight is 716 g/mol. The van der Waals surface area contributed by atoms with Gasteiger partial charge in [-0.25, -0.2) is 4.79 Å². The van der Waals surface area contributed by atoms with E-state index in [1.54, 1.807) is 6.07 Å². The zero-order valence-electron chi connectivity index (χ0n) is 28.2. The number of allylic oxidation sites excluding steroid dienone is 2. The second-order valence-electron chi connectivity index (χ2n) is 14.2. The third-order valence-corrected chi connectivity index (χ3v) is 10.9. The number of carbonyl (C=O) groups excluding carboxylic acids is 2. The Morgan fingerprint density at radius 2 is 1.75 bits per heavy atom. The zero-order chi connectivity index (χ0) is 36.8. The molecule has 272 valence electrons. The Morgan fingerprint density at radius 3 is 2.45 bits per heavy atom. The number of ether oxygens (including phenoxy) is 2. The van der Waals surface area contributed by atoms with Gasteiger partial charge in [-0.3, -0.25) is 9.69 Å². The molecule has 1 heterocycles. The van der Waals surface area contributed by atoms with Crippen LogP contribution in [0.25, 0.3) is 0 Å². The average Bonchev–Trinajstić information content (AvgIpc) is 3.53. The van der Waals surface area contributed by atoms with Gasteiger partial charge in [0.05, 0.1) is 18.2 Å². The summed E-state index contributed by atoms with van der Waals surface area (Å²) in [6.45, 7) is 4.33. The molecule has 2 bridgehead atoms. The fourth-order valence-electron chi connectivity index (χ4n) is 8.11. The van der Waals surface area contributed by atoms with Crippen molar-refractivity contribution in [3.63, 3.8) is 0 Å². The molecule has 12 heteroatoms. The third-order valence-electron chi connectivity index (χ3n) is 10.9. The van der Waals surface area contributed by atoms with Crippen molar-refractivity contribution in [3.8, 4) is 5.75 Å². The number of nitrogens with zero attached hydrogens (tertiary/aromatic N) is 1. The number of alkyl halides is 6. The van der Waals surface area contributed by atoms with Crippen molar-refractivity contribution in [2.45, 2.75) is 95.5 Å². The minimum Gasteiger partial charge on any atom is -0.440 e. The normalized spacial score (nSPS) is 25.7. The van der Waals surface area contributed by atoms with E-state index in [1.807, 2.05) is 26.0 Å². The Kier molecular flexibility index (Phi) is 9.77. The molecule has 1 saturated heterocycles. The van der Waals surface area contributed by atoms with Crippen molar-refractivity contribution in [3.05, 3.63) is 112 Å². The first kappa shape index (κ1) is 36.5. The molecule has 1 amide bonds. The van der Waals surface area contributed by atoms with Gasteiger partial charge in [-0.2, -0.15) is 13.2 Å². The minimum absolute atomic E-state index is 0.0863. The van der Waals surface area contributed by atoms with Gasteiger partial charge in [-0.1, -0.05) is 55.0 Å². The molecule has 0 radical (unpaired) electrons. The highest BCUT2D eigenvalue weighted by molar-refractivity contribution is 6.10. The fourth-order valence-corrected chi connectivity index (χ4v) is 8.11. The molecule has 4 aliphatic rings. The molecule has 51 heavy (non-hydrogen) atoms. The number of aliphatic hydroxyl groups excluding tert-OH is 1. The van der Waals surface area contributed by atoms with Crippen molar-refractivity contribution in [2.75, 3.05) is 6.54 Å². The third kappa shape index (κ3) is 7.66. The molecular weight excluding hydrogens is 676 g/mol. The standard InChI is InChI=1S/C39H39F6NO5/c1-24-5-4-17-36(2)33(16-18-37(36)23-46(35(49)51-37)22-25-9-13-30(14-10-25)50-39(43,44)45)31-15-11-26(19-29(47)12-8-24)20-32(31)34(48)27-6-3-7-28(21-27)38(40,41)42/h3,5-7,9-11,13-15,20-21,29,33,47H,4,8,12,16-19,22-23H2,1-2H3/t29-,33-,36-,37+/m0/s1. The lowest BCUT2D eigenvalue weighted by atomic mass is 9.64. The second-order valence-corrected chi connectivity index (χ2v) is 14.2. The lowest BCUT2D eigenvalue weighted by Gasteiger charge is -2.43. The maximum atomic E-state index is 14.2. The van der Waals surface area contributed by atoms with Crippen LogP contribution in [0.4, 0.5) is 31.1 Å². The first-order chi connectivity index (χ1) is 24.0. The number of benzene rings is 3. The summed E-state index contributed by atoms with van der Waals surface area (Å²) in [5.41, 5.74) is 0.495. The molecule has 1 spiro atoms. The number of aliphatic hydroxyl groups is 1. The van der Waals surface area contributed by atoms with E-state index in [4.69, 9.17) is 4.74 Å². The van der Waals surface area contributed by atoms with Gasteiger partial charge in [-0.15, -0.1) is 13.2 Å². The number of carbonyl (C=O) groups is 2. The predicted molar refractivity (Wildman–Crippen MR) is 176 cm³/mol. The van der Waals surface area contributed by atoms with Gasteiger partial charge in [0, 0.05) is 23.1 Å². The molecule has 3 aromatic carbocycles. The summed E-state index contributed by atoms with van der Waals surface area (Å²) < 4.78 is 89.3. The SMILES string of the molecule is CC1=CCC[C@@]2(C)[C@@H](CC[C@@]23CN(Cc2ccc(OC(F)(F)F)cc2)C(=O)O3)c2ccc(cc2C(=O)c2cccc(C(F)(F)F)c2)C[C@@H](O)CC1. The van der Waals surface area contributed by atoms with Crippen molar-refractivity contribution in [2.24, 2.45) is 5.41 Å². The molecule has 6 nitrogen and oxygen atoms in total.